The molecular weight excluding hydrogens is 203 g/mol. The summed E-state index contributed by atoms with van der Waals surface area (Å²) in [5.74, 6) is 0.138. The topological polar surface area (TPSA) is 66.8 Å². The Bertz CT molecular complexity index is 394. The van der Waals surface area contributed by atoms with E-state index in [0.29, 0.717) is 0 Å². The van der Waals surface area contributed by atoms with E-state index in [-0.39, 0.29) is 5.75 Å². The summed E-state index contributed by atoms with van der Waals surface area (Å²) in [5.41, 5.74) is 1.59. The Labute approximate surface area is 82.1 Å². The zero-order valence-corrected chi connectivity index (χ0v) is 8.57. The van der Waals surface area contributed by atoms with Gasteiger partial charge >= 0.3 is 7.82 Å². The quantitative estimate of drug-likeness (QED) is 0.757. The molecule has 0 aliphatic carbocycles. The molecule has 1 aromatic carbocycles. The minimum Gasteiger partial charge on any atom is -0.404 e. The fourth-order valence-electron chi connectivity index (χ4n) is 0.956. The third-order valence-electron chi connectivity index (χ3n) is 1.55. The number of phosphoric acid groups is 1. The molecule has 0 aliphatic rings. The van der Waals surface area contributed by atoms with Gasteiger partial charge < -0.3 is 4.52 Å². The Morgan fingerprint density at radius 3 is 2.64 bits per heavy atom. The first-order chi connectivity index (χ1) is 6.38. The molecule has 0 bridgehead atoms. The van der Waals surface area contributed by atoms with E-state index in [1.807, 2.05) is 0 Å². The van der Waals surface area contributed by atoms with Crippen molar-refractivity contribution in [1.29, 1.82) is 0 Å². The van der Waals surface area contributed by atoms with Crippen LogP contribution in [0.15, 0.2) is 30.8 Å². The maximum atomic E-state index is 10.5. The van der Waals surface area contributed by atoms with Crippen molar-refractivity contribution in [3.63, 3.8) is 0 Å². The van der Waals surface area contributed by atoms with E-state index in [0.717, 1.165) is 11.1 Å². The second-order valence-electron chi connectivity index (χ2n) is 2.89. The lowest BCUT2D eigenvalue weighted by molar-refractivity contribution is 0.283. The van der Waals surface area contributed by atoms with Crippen LogP contribution in [0.25, 0.3) is 5.57 Å². The van der Waals surface area contributed by atoms with Crippen LogP contribution in [-0.4, -0.2) is 9.79 Å². The number of hydrogen-bond donors (Lipinski definition) is 2. The van der Waals surface area contributed by atoms with Crippen LogP contribution in [0.4, 0.5) is 0 Å². The van der Waals surface area contributed by atoms with Gasteiger partial charge in [0, 0.05) is 0 Å². The van der Waals surface area contributed by atoms with Crippen molar-refractivity contribution in [2.45, 2.75) is 6.92 Å². The predicted octanol–water partition coefficient (Wildman–Crippen LogP) is 2.19. The lowest BCUT2D eigenvalue weighted by Gasteiger charge is -2.07. The van der Waals surface area contributed by atoms with E-state index < -0.39 is 7.82 Å². The number of phosphoric ester groups is 1. The van der Waals surface area contributed by atoms with Gasteiger partial charge in [0.15, 0.2) is 0 Å². The molecular formula is C9H11O4P. The summed E-state index contributed by atoms with van der Waals surface area (Å²) in [6.07, 6.45) is 0. The van der Waals surface area contributed by atoms with Gasteiger partial charge in [-0.3, -0.25) is 9.79 Å². The maximum absolute atomic E-state index is 10.5. The van der Waals surface area contributed by atoms with Crippen molar-refractivity contribution >= 4 is 13.4 Å². The molecule has 0 unspecified atom stereocenters. The van der Waals surface area contributed by atoms with Crippen LogP contribution in [0.2, 0.25) is 0 Å². The van der Waals surface area contributed by atoms with E-state index in [2.05, 4.69) is 11.1 Å². The maximum Gasteiger partial charge on any atom is 0.524 e. The lowest BCUT2D eigenvalue weighted by atomic mass is 10.1. The molecule has 0 aromatic heterocycles. The zero-order valence-electron chi connectivity index (χ0n) is 7.67. The van der Waals surface area contributed by atoms with Crippen LogP contribution in [0.5, 0.6) is 5.75 Å². The van der Waals surface area contributed by atoms with Crippen LogP contribution < -0.4 is 4.52 Å². The smallest absolute Gasteiger partial charge is 0.404 e. The summed E-state index contributed by atoms with van der Waals surface area (Å²) in [6.45, 7) is 5.52. The van der Waals surface area contributed by atoms with Crippen molar-refractivity contribution in [2.24, 2.45) is 0 Å². The van der Waals surface area contributed by atoms with E-state index >= 15 is 0 Å². The monoisotopic (exact) mass is 214 g/mol. The van der Waals surface area contributed by atoms with Crippen LogP contribution in [0, 0.1) is 0 Å². The largest absolute Gasteiger partial charge is 0.524 e. The number of rotatable bonds is 3. The third-order valence-corrected chi connectivity index (χ3v) is 2.00. The normalized spacial score (nSPS) is 11.1. The fraction of sp³-hybridized carbons (Fsp3) is 0.111. The Kier molecular flexibility index (Phi) is 3.11. The zero-order chi connectivity index (χ0) is 10.8. The van der Waals surface area contributed by atoms with Crippen LogP contribution in [0.3, 0.4) is 0 Å². The minimum absolute atomic E-state index is 0.138. The molecule has 5 heteroatoms. The molecule has 0 saturated carbocycles. The summed E-state index contributed by atoms with van der Waals surface area (Å²) in [5, 5.41) is 0. The van der Waals surface area contributed by atoms with Gasteiger partial charge in [-0.1, -0.05) is 24.3 Å². The summed E-state index contributed by atoms with van der Waals surface area (Å²) in [4.78, 5) is 17.1. The second-order valence-corrected chi connectivity index (χ2v) is 4.05. The molecule has 0 atom stereocenters. The van der Waals surface area contributed by atoms with Crippen molar-refractivity contribution in [1.82, 2.24) is 0 Å². The van der Waals surface area contributed by atoms with Crippen molar-refractivity contribution in [2.75, 3.05) is 0 Å². The molecule has 0 radical (unpaired) electrons. The number of benzene rings is 1. The Morgan fingerprint density at radius 2 is 2.14 bits per heavy atom. The van der Waals surface area contributed by atoms with Crippen LogP contribution in [-0.2, 0) is 4.57 Å². The fourth-order valence-corrected chi connectivity index (χ4v) is 1.34. The molecule has 0 saturated heterocycles. The lowest BCUT2D eigenvalue weighted by Crippen LogP contribution is -1.90. The summed E-state index contributed by atoms with van der Waals surface area (Å²) >= 11 is 0. The van der Waals surface area contributed by atoms with Crippen molar-refractivity contribution < 1.29 is 18.9 Å². The van der Waals surface area contributed by atoms with E-state index in [4.69, 9.17) is 9.79 Å². The standard InChI is InChI=1S/C9H11O4P/c1-7(2)8-4-3-5-9(6-8)13-14(10,11)12/h3-6H,1H2,2H3,(H2,10,11,12). The van der Waals surface area contributed by atoms with Gasteiger partial charge in [-0.15, -0.1) is 0 Å². The molecule has 0 spiro atoms. The highest BCUT2D eigenvalue weighted by atomic mass is 31.2. The predicted molar refractivity (Wildman–Crippen MR) is 53.8 cm³/mol. The van der Waals surface area contributed by atoms with Crippen LogP contribution >= 0.6 is 7.82 Å². The Balaban J connectivity index is 2.95. The highest BCUT2D eigenvalue weighted by Crippen LogP contribution is 2.37. The SMILES string of the molecule is C=C(C)c1cccc(OP(=O)(O)O)c1. The van der Waals surface area contributed by atoms with Gasteiger partial charge in [-0.25, -0.2) is 4.57 Å². The summed E-state index contributed by atoms with van der Waals surface area (Å²) in [7, 11) is -4.47. The molecule has 4 nitrogen and oxygen atoms in total. The van der Waals surface area contributed by atoms with Gasteiger partial charge in [-0.05, 0) is 24.6 Å². The van der Waals surface area contributed by atoms with Crippen molar-refractivity contribution in [3.05, 3.63) is 36.4 Å². The first kappa shape index (κ1) is 11.0. The van der Waals surface area contributed by atoms with E-state index in [9.17, 15) is 4.57 Å². The third kappa shape index (κ3) is 3.34. The molecule has 0 fully saturated rings. The average molecular weight is 214 g/mol. The first-order valence-electron chi connectivity index (χ1n) is 3.89. The molecule has 1 aromatic rings. The summed E-state index contributed by atoms with van der Waals surface area (Å²) < 4.78 is 14.9. The molecule has 0 aliphatic heterocycles. The molecule has 1 rings (SSSR count). The molecule has 0 amide bonds. The van der Waals surface area contributed by atoms with E-state index in [1.54, 1.807) is 19.1 Å². The molecule has 2 N–H and O–H groups in total. The number of hydrogen-bond acceptors (Lipinski definition) is 2. The minimum atomic E-state index is -4.47. The van der Waals surface area contributed by atoms with Gasteiger partial charge in [-0.2, -0.15) is 0 Å². The van der Waals surface area contributed by atoms with Gasteiger partial charge in [0.1, 0.15) is 5.75 Å². The number of allylic oxidation sites excluding steroid dienone is 1. The van der Waals surface area contributed by atoms with E-state index in [1.165, 1.54) is 12.1 Å². The second kappa shape index (κ2) is 3.96. The van der Waals surface area contributed by atoms with Crippen LogP contribution in [0.1, 0.15) is 12.5 Å². The van der Waals surface area contributed by atoms with Gasteiger partial charge in [0.2, 0.25) is 0 Å². The first-order valence-corrected chi connectivity index (χ1v) is 5.42. The summed E-state index contributed by atoms with van der Waals surface area (Å²) in [6, 6.07) is 6.44. The van der Waals surface area contributed by atoms with Gasteiger partial charge in [0.25, 0.3) is 0 Å². The molecule has 76 valence electrons. The highest BCUT2D eigenvalue weighted by Gasteiger charge is 2.15. The van der Waals surface area contributed by atoms with Gasteiger partial charge in [0.05, 0.1) is 0 Å². The average Bonchev–Trinajstić information content (AvgIpc) is 2.01. The van der Waals surface area contributed by atoms with Crippen molar-refractivity contribution in [3.8, 4) is 5.75 Å². The Morgan fingerprint density at radius 1 is 1.50 bits per heavy atom. The highest BCUT2D eigenvalue weighted by molar-refractivity contribution is 7.46. The molecule has 14 heavy (non-hydrogen) atoms. The molecule has 0 heterocycles. The Hall–Kier alpha value is -1.09.